The Kier molecular flexibility index (Phi) is 4.00. The molecule has 0 heterocycles. The third-order valence-corrected chi connectivity index (χ3v) is 3.86. The molecule has 100 valence electrons. The molecule has 1 aromatic rings. The molecule has 0 aliphatic heterocycles. The van der Waals surface area contributed by atoms with Gasteiger partial charge in [0.15, 0.2) is 0 Å². The highest BCUT2D eigenvalue weighted by Gasteiger charge is 2.40. The Morgan fingerprint density at radius 3 is 2.72 bits per heavy atom. The molecule has 2 unspecified atom stereocenters. The topological polar surface area (TPSA) is 20.2 Å². The van der Waals surface area contributed by atoms with Crippen molar-refractivity contribution in [3.8, 4) is 0 Å². The van der Waals surface area contributed by atoms with Crippen molar-refractivity contribution in [3.05, 3.63) is 35.4 Å². The Bertz CT molecular complexity index is 403. The third kappa shape index (κ3) is 3.08. The van der Waals surface area contributed by atoms with E-state index in [9.17, 15) is 13.9 Å². The van der Waals surface area contributed by atoms with Crippen molar-refractivity contribution in [2.45, 2.75) is 51.1 Å². The fourth-order valence-corrected chi connectivity index (χ4v) is 2.87. The zero-order valence-electron chi connectivity index (χ0n) is 10.7. The monoisotopic (exact) mass is 254 g/mol. The molecule has 0 bridgehead atoms. The van der Waals surface area contributed by atoms with Gasteiger partial charge in [-0.3, -0.25) is 0 Å². The average Bonchev–Trinajstić information content (AvgIpc) is 2.68. The first kappa shape index (κ1) is 13.5. The molecule has 0 aromatic heterocycles. The van der Waals surface area contributed by atoms with Crippen molar-refractivity contribution in [2.75, 3.05) is 0 Å². The molecule has 1 aliphatic rings. The molecule has 2 rings (SSSR count). The number of benzene rings is 1. The fourth-order valence-electron chi connectivity index (χ4n) is 2.87. The lowest BCUT2D eigenvalue weighted by Gasteiger charge is -2.18. The van der Waals surface area contributed by atoms with Gasteiger partial charge in [0.25, 0.3) is 0 Å². The Morgan fingerprint density at radius 1 is 1.39 bits per heavy atom. The molecule has 18 heavy (non-hydrogen) atoms. The number of hydrogen-bond acceptors (Lipinski definition) is 1. The molecule has 0 amide bonds. The highest BCUT2D eigenvalue weighted by molar-refractivity contribution is 5.29. The van der Waals surface area contributed by atoms with Gasteiger partial charge in [0.1, 0.15) is 0 Å². The quantitative estimate of drug-likeness (QED) is 0.857. The minimum atomic E-state index is -2.52. The summed E-state index contributed by atoms with van der Waals surface area (Å²) < 4.78 is 26.2. The highest BCUT2D eigenvalue weighted by atomic mass is 19.3. The lowest BCUT2D eigenvalue weighted by molar-refractivity contribution is 0.00253. The molecule has 1 aromatic carbocycles. The van der Waals surface area contributed by atoms with Crippen molar-refractivity contribution < 1.29 is 13.9 Å². The first-order valence-electron chi connectivity index (χ1n) is 6.65. The second-order valence-electron chi connectivity index (χ2n) is 5.27. The van der Waals surface area contributed by atoms with Gasteiger partial charge in [0.2, 0.25) is 5.92 Å². The zero-order chi connectivity index (χ0) is 13.2. The predicted octanol–water partition coefficient (Wildman–Crippen LogP) is 4.11. The SMILES string of the molecule is CCc1ccccc1C(O)CC1CCC(F)(F)C1. The van der Waals surface area contributed by atoms with Gasteiger partial charge in [0.05, 0.1) is 6.10 Å². The number of hydrogen-bond donors (Lipinski definition) is 1. The van der Waals surface area contributed by atoms with E-state index < -0.39 is 12.0 Å². The fraction of sp³-hybridized carbons (Fsp3) is 0.600. The maximum atomic E-state index is 13.1. The van der Waals surface area contributed by atoms with Gasteiger partial charge in [-0.25, -0.2) is 8.78 Å². The summed E-state index contributed by atoms with van der Waals surface area (Å²) in [6, 6.07) is 7.72. The van der Waals surface area contributed by atoms with Crippen molar-refractivity contribution in [2.24, 2.45) is 5.92 Å². The van der Waals surface area contributed by atoms with E-state index in [4.69, 9.17) is 0 Å². The van der Waals surface area contributed by atoms with Gasteiger partial charge >= 0.3 is 0 Å². The van der Waals surface area contributed by atoms with Crippen LogP contribution in [-0.4, -0.2) is 11.0 Å². The summed E-state index contributed by atoms with van der Waals surface area (Å²) in [4.78, 5) is 0. The van der Waals surface area contributed by atoms with E-state index in [1.807, 2.05) is 31.2 Å². The van der Waals surface area contributed by atoms with E-state index in [-0.39, 0.29) is 18.8 Å². The molecule has 1 nitrogen and oxygen atoms in total. The van der Waals surface area contributed by atoms with Crippen LogP contribution in [-0.2, 0) is 6.42 Å². The lowest BCUT2D eigenvalue weighted by Crippen LogP contribution is -2.12. The molecule has 0 radical (unpaired) electrons. The molecule has 0 saturated heterocycles. The maximum absolute atomic E-state index is 13.1. The van der Waals surface area contributed by atoms with Crippen molar-refractivity contribution in [1.82, 2.24) is 0 Å². The van der Waals surface area contributed by atoms with Gasteiger partial charge in [-0.1, -0.05) is 31.2 Å². The van der Waals surface area contributed by atoms with Crippen LogP contribution in [0.5, 0.6) is 0 Å². The van der Waals surface area contributed by atoms with Crippen LogP contribution in [0.3, 0.4) is 0 Å². The van der Waals surface area contributed by atoms with E-state index in [0.29, 0.717) is 12.8 Å². The van der Waals surface area contributed by atoms with Crippen LogP contribution in [0.1, 0.15) is 49.8 Å². The van der Waals surface area contributed by atoms with Gasteiger partial charge in [0, 0.05) is 12.8 Å². The van der Waals surface area contributed by atoms with Crippen LogP contribution in [0.15, 0.2) is 24.3 Å². The highest BCUT2D eigenvalue weighted by Crippen LogP contribution is 2.42. The molecule has 2 atom stereocenters. The summed E-state index contributed by atoms with van der Waals surface area (Å²) in [6.45, 7) is 2.04. The van der Waals surface area contributed by atoms with Gasteiger partial charge < -0.3 is 5.11 Å². The largest absolute Gasteiger partial charge is 0.388 e. The van der Waals surface area contributed by atoms with Crippen LogP contribution < -0.4 is 0 Å². The molecule has 0 spiro atoms. The van der Waals surface area contributed by atoms with Gasteiger partial charge in [-0.2, -0.15) is 0 Å². The van der Waals surface area contributed by atoms with Gasteiger partial charge in [-0.05, 0) is 36.3 Å². The minimum absolute atomic E-state index is 0.0280. The van der Waals surface area contributed by atoms with E-state index in [1.54, 1.807) is 0 Å². The molecule has 1 N–H and O–H groups in total. The molecule has 1 fully saturated rings. The van der Waals surface area contributed by atoms with Crippen molar-refractivity contribution >= 4 is 0 Å². The summed E-state index contributed by atoms with van der Waals surface area (Å²) in [7, 11) is 0. The average molecular weight is 254 g/mol. The van der Waals surface area contributed by atoms with Gasteiger partial charge in [-0.15, -0.1) is 0 Å². The van der Waals surface area contributed by atoms with Crippen LogP contribution in [0.25, 0.3) is 0 Å². The first-order chi connectivity index (χ1) is 8.52. The number of alkyl halides is 2. The summed E-state index contributed by atoms with van der Waals surface area (Å²) in [6.07, 6.45) is 1.12. The normalized spacial score (nSPS) is 24.1. The molecule has 3 heteroatoms. The predicted molar refractivity (Wildman–Crippen MR) is 67.7 cm³/mol. The maximum Gasteiger partial charge on any atom is 0.248 e. The Balaban J connectivity index is 2.02. The van der Waals surface area contributed by atoms with Crippen molar-refractivity contribution in [1.29, 1.82) is 0 Å². The zero-order valence-corrected chi connectivity index (χ0v) is 10.7. The number of halogens is 2. The number of aliphatic hydroxyl groups is 1. The second-order valence-corrected chi connectivity index (χ2v) is 5.27. The Hall–Kier alpha value is -0.960. The first-order valence-corrected chi connectivity index (χ1v) is 6.65. The molecule has 1 saturated carbocycles. The summed E-state index contributed by atoms with van der Waals surface area (Å²) in [5.74, 6) is -2.57. The number of aryl methyl sites for hydroxylation is 1. The van der Waals surface area contributed by atoms with Crippen LogP contribution >= 0.6 is 0 Å². The third-order valence-electron chi connectivity index (χ3n) is 3.86. The smallest absolute Gasteiger partial charge is 0.248 e. The molecular weight excluding hydrogens is 234 g/mol. The second kappa shape index (κ2) is 5.35. The van der Waals surface area contributed by atoms with E-state index in [2.05, 4.69) is 0 Å². The van der Waals surface area contributed by atoms with E-state index in [1.165, 1.54) is 0 Å². The van der Waals surface area contributed by atoms with Crippen LogP contribution in [0.4, 0.5) is 8.78 Å². The molecular formula is C15H20F2O. The number of aliphatic hydroxyl groups excluding tert-OH is 1. The van der Waals surface area contributed by atoms with E-state index in [0.717, 1.165) is 17.5 Å². The number of rotatable bonds is 4. The minimum Gasteiger partial charge on any atom is -0.388 e. The lowest BCUT2D eigenvalue weighted by atomic mass is 9.92. The van der Waals surface area contributed by atoms with Crippen LogP contribution in [0.2, 0.25) is 0 Å². The summed E-state index contributed by atoms with van der Waals surface area (Å²) >= 11 is 0. The summed E-state index contributed by atoms with van der Waals surface area (Å²) in [5.41, 5.74) is 2.00. The standard InChI is InChI=1S/C15H20F2O/c1-2-12-5-3-4-6-13(12)14(18)9-11-7-8-15(16,17)10-11/h3-6,11,14,18H,2,7-10H2,1H3. The Labute approximate surface area is 107 Å². The molecule has 1 aliphatic carbocycles. The van der Waals surface area contributed by atoms with E-state index >= 15 is 0 Å². The van der Waals surface area contributed by atoms with Crippen LogP contribution in [0, 0.1) is 5.92 Å². The van der Waals surface area contributed by atoms with Crippen molar-refractivity contribution in [3.63, 3.8) is 0 Å². The Morgan fingerprint density at radius 2 is 2.11 bits per heavy atom. The summed E-state index contributed by atoms with van der Waals surface area (Å²) in [5, 5.41) is 10.2.